The van der Waals surface area contributed by atoms with Crippen molar-refractivity contribution < 1.29 is 5.11 Å². The number of phenols is 1. The van der Waals surface area contributed by atoms with E-state index in [0.717, 1.165) is 11.1 Å². The van der Waals surface area contributed by atoms with E-state index in [0.29, 0.717) is 5.75 Å². The molecule has 0 fully saturated rings. The van der Waals surface area contributed by atoms with E-state index in [1.165, 1.54) is 0 Å². The molecular weight excluding hydrogens is 207 g/mol. The van der Waals surface area contributed by atoms with Crippen molar-refractivity contribution in [1.29, 1.82) is 0 Å². The summed E-state index contributed by atoms with van der Waals surface area (Å²) in [6.07, 6.45) is 4.00. The minimum absolute atomic E-state index is 0. The molecule has 0 aliphatic carbocycles. The molecule has 0 aliphatic heterocycles. The third-order valence-electron chi connectivity index (χ3n) is 2.14. The van der Waals surface area contributed by atoms with Crippen LogP contribution >= 0.6 is 0 Å². The van der Waals surface area contributed by atoms with Crippen LogP contribution in [0.5, 0.6) is 5.75 Å². The van der Waals surface area contributed by atoms with Crippen molar-refractivity contribution in [3.8, 4) is 5.75 Å². The second kappa shape index (κ2) is 6.54. The van der Waals surface area contributed by atoms with E-state index in [-0.39, 0.29) is 29.6 Å². The smallest absolute Gasteiger partial charge is 0.116 e. The summed E-state index contributed by atoms with van der Waals surface area (Å²) >= 11 is 0. The van der Waals surface area contributed by atoms with Gasteiger partial charge < -0.3 is 5.11 Å². The molecule has 0 heterocycles. The summed E-state index contributed by atoms with van der Waals surface area (Å²) in [5.74, 6) is 0.296. The summed E-state index contributed by atoms with van der Waals surface area (Å²) in [7, 11) is 0. The normalized spacial score (nSPS) is 10.0. The Labute approximate surface area is 118 Å². The van der Waals surface area contributed by atoms with E-state index < -0.39 is 0 Å². The first kappa shape index (κ1) is 13.0. The third-order valence-corrected chi connectivity index (χ3v) is 2.14. The minimum atomic E-state index is 0. The summed E-state index contributed by atoms with van der Waals surface area (Å²) in [6.45, 7) is 0. The molecule has 0 aliphatic rings. The van der Waals surface area contributed by atoms with Crippen molar-refractivity contribution in [3.63, 3.8) is 0 Å². The van der Waals surface area contributed by atoms with Gasteiger partial charge >= 0.3 is 0 Å². The molecule has 2 aromatic rings. The molecule has 0 atom stereocenters. The second-order valence-corrected chi connectivity index (χ2v) is 3.34. The fraction of sp³-hybridized carbons (Fsp3) is 0. The van der Waals surface area contributed by atoms with Crippen LogP contribution in [0.15, 0.2) is 54.6 Å². The monoisotopic (exact) mass is 219 g/mol. The number of aromatic hydroxyl groups is 1. The van der Waals surface area contributed by atoms with Crippen molar-refractivity contribution in [2.24, 2.45) is 0 Å². The molecule has 16 heavy (non-hydrogen) atoms. The van der Waals surface area contributed by atoms with Crippen molar-refractivity contribution in [1.82, 2.24) is 0 Å². The van der Waals surface area contributed by atoms with Gasteiger partial charge in [-0.1, -0.05) is 54.6 Å². The number of hydrogen-bond acceptors (Lipinski definition) is 1. The number of phenolic OH excluding ortho intramolecular Hbond substituents is 1. The molecule has 1 N–H and O–H groups in total. The van der Waals surface area contributed by atoms with Gasteiger partial charge in [0.1, 0.15) is 5.75 Å². The van der Waals surface area contributed by atoms with Gasteiger partial charge in [-0.3, -0.25) is 0 Å². The van der Waals surface area contributed by atoms with Crippen LogP contribution in [0.25, 0.3) is 12.2 Å². The van der Waals surface area contributed by atoms with Gasteiger partial charge in [-0.2, -0.15) is 0 Å². The first-order valence-electron chi connectivity index (χ1n) is 4.87. The Bertz CT molecular complexity index is 463. The van der Waals surface area contributed by atoms with Gasteiger partial charge in [0.15, 0.2) is 0 Å². The molecule has 2 rings (SSSR count). The molecule has 0 amide bonds. The van der Waals surface area contributed by atoms with Crippen LogP contribution in [-0.2, 0) is 0 Å². The SMILES string of the molecule is Oc1cccc(C=Cc2ccccc2)c1.[Na]. The molecule has 0 bridgehead atoms. The third kappa shape index (κ3) is 3.86. The summed E-state index contributed by atoms with van der Waals surface area (Å²) in [5.41, 5.74) is 2.15. The predicted octanol–water partition coefficient (Wildman–Crippen LogP) is 3.18. The van der Waals surface area contributed by atoms with Gasteiger partial charge in [0.25, 0.3) is 0 Å². The fourth-order valence-corrected chi connectivity index (χ4v) is 1.39. The molecule has 0 aromatic heterocycles. The molecule has 1 nitrogen and oxygen atoms in total. The van der Waals surface area contributed by atoms with Gasteiger partial charge in [0.2, 0.25) is 0 Å². The number of benzene rings is 2. The van der Waals surface area contributed by atoms with Crippen LogP contribution in [-0.4, -0.2) is 34.7 Å². The van der Waals surface area contributed by atoms with Crippen molar-refractivity contribution in [2.45, 2.75) is 0 Å². The standard InChI is InChI=1S/C14H12O.Na/c15-14-8-4-7-13(11-14)10-9-12-5-2-1-3-6-12;/h1-11,15H;. The van der Waals surface area contributed by atoms with Gasteiger partial charge in [-0.15, -0.1) is 0 Å². The molecule has 75 valence electrons. The largest absolute Gasteiger partial charge is 0.508 e. The quantitative estimate of drug-likeness (QED) is 0.607. The van der Waals surface area contributed by atoms with Gasteiger partial charge in [0, 0.05) is 29.6 Å². The Morgan fingerprint density at radius 1 is 0.750 bits per heavy atom. The van der Waals surface area contributed by atoms with E-state index in [2.05, 4.69) is 0 Å². The maximum absolute atomic E-state index is 9.28. The maximum atomic E-state index is 9.28. The predicted molar refractivity (Wildman–Crippen MR) is 69.2 cm³/mol. The molecule has 0 saturated heterocycles. The first-order chi connectivity index (χ1) is 7.34. The molecule has 1 radical (unpaired) electrons. The summed E-state index contributed by atoms with van der Waals surface area (Å²) < 4.78 is 0. The van der Waals surface area contributed by atoms with E-state index in [9.17, 15) is 5.11 Å². The second-order valence-electron chi connectivity index (χ2n) is 3.34. The Balaban J connectivity index is 0.00000128. The van der Waals surface area contributed by atoms with Crippen LogP contribution in [0.1, 0.15) is 11.1 Å². The fourth-order valence-electron chi connectivity index (χ4n) is 1.39. The van der Waals surface area contributed by atoms with E-state index in [4.69, 9.17) is 0 Å². The number of rotatable bonds is 2. The van der Waals surface area contributed by atoms with Crippen LogP contribution in [0.3, 0.4) is 0 Å². The van der Waals surface area contributed by atoms with Gasteiger partial charge in [-0.05, 0) is 23.3 Å². The van der Waals surface area contributed by atoms with Gasteiger partial charge in [0.05, 0.1) is 0 Å². The topological polar surface area (TPSA) is 20.2 Å². The van der Waals surface area contributed by atoms with Crippen LogP contribution in [0.4, 0.5) is 0 Å². The average molecular weight is 219 g/mol. The zero-order valence-electron chi connectivity index (χ0n) is 9.30. The molecule has 0 saturated carbocycles. The maximum Gasteiger partial charge on any atom is 0.116 e. The molecule has 2 heteroatoms. The Morgan fingerprint density at radius 3 is 2.06 bits per heavy atom. The molecule has 2 aromatic carbocycles. The Morgan fingerprint density at radius 2 is 1.38 bits per heavy atom. The molecule has 0 unspecified atom stereocenters. The van der Waals surface area contributed by atoms with Crippen molar-refractivity contribution in [3.05, 3.63) is 65.7 Å². The summed E-state index contributed by atoms with van der Waals surface area (Å²) in [5, 5.41) is 9.28. The van der Waals surface area contributed by atoms with E-state index >= 15 is 0 Å². The molecule has 0 spiro atoms. The average Bonchev–Trinajstić information content (AvgIpc) is 2.28. The van der Waals surface area contributed by atoms with Crippen LogP contribution in [0.2, 0.25) is 0 Å². The Kier molecular flexibility index (Phi) is 5.33. The van der Waals surface area contributed by atoms with Crippen molar-refractivity contribution >= 4 is 41.7 Å². The summed E-state index contributed by atoms with van der Waals surface area (Å²) in [4.78, 5) is 0. The Hall–Kier alpha value is -1.02. The number of hydrogen-bond donors (Lipinski definition) is 1. The first-order valence-corrected chi connectivity index (χ1v) is 4.87. The van der Waals surface area contributed by atoms with Gasteiger partial charge in [-0.25, -0.2) is 0 Å². The van der Waals surface area contributed by atoms with Crippen molar-refractivity contribution in [2.75, 3.05) is 0 Å². The zero-order valence-corrected chi connectivity index (χ0v) is 11.3. The zero-order chi connectivity index (χ0) is 10.5. The van der Waals surface area contributed by atoms with E-state index in [1.807, 2.05) is 54.6 Å². The molecular formula is C14H12NaO. The minimum Gasteiger partial charge on any atom is -0.508 e. The van der Waals surface area contributed by atoms with Crippen LogP contribution < -0.4 is 0 Å². The van der Waals surface area contributed by atoms with E-state index in [1.54, 1.807) is 12.1 Å². The summed E-state index contributed by atoms with van der Waals surface area (Å²) in [6, 6.07) is 17.3. The van der Waals surface area contributed by atoms with Crippen LogP contribution in [0, 0.1) is 0 Å².